The highest BCUT2D eigenvalue weighted by atomic mass is 35.5. The molecule has 0 saturated carbocycles. The molecule has 0 unspecified atom stereocenters. The van der Waals surface area contributed by atoms with Crippen LogP contribution in [0.1, 0.15) is 34.8 Å². The van der Waals surface area contributed by atoms with Crippen molar-refractivity contribution in [2.24, 2.45) is 0 Å². The fourth-order valence-electron chi connectivity index (χ4n) is 4.53. The maximum absolute atomic E-state index is 14.5. The predicted molar refractivity (Wildman–Crippen MR) is 128 cm³/mol. The molecule has 0 amide bonds. The molecule has 2 aromatic heterocycles. The van der Waals surface area contributed by atoms with Crippen LogP contribution in [-0.4, -0.2) is 71.5 Å². The maximum Gasteiger partial charge on any atom is 0.166 e. The first-order valence-corrected chi connectivity index (χ1v) is 11.1. The SMILES string of the molecule is O=C([O-])c1cnn2ccc(N3CCC[C@@H]3c3cc(F)cc(OCCN4CCOCC4)c3)nc12.[Cl-].[NH4+].[NH4+]. The number of aromatic nitrogens is 3. The van der Waals surface area contributed by atoms with Gasteiger partial charge in [-0.05, 0) is 36.6 Å². The normalized spacial score (nSPS) is 17.7. The molecule has 36 heavy (non-hydrogen) atoms. The standard InChI is InChI=1S/C23H26FN5O4.ClH.2H3N/c24-17-12-16(13-18(14-17)33-11-8-27-6-9-32-10-7-27)20-2-1-4-28(20)21-3-5-29-22(26-21)19(15-25-29)23(30)31;;;/h3,5,12-15,20H,1-2,4,6-11H2,(H,30,31);1H;2*1H3/t20-;;;/m1.../s1. The number of aromatic carboxylic acids is 1. The Labute approximate surface area is 214 Å². The van der Waals surface area contributed by atoms with Crippen molar-refractivity contribution < 1.29 is 36.2 Å². The molecule has 0 aliphatic carbocycles. The number of halogens is 2. The summed E-state index contributed by atoms with van der Waals surface area (Å²) in [5, 5.41) is 15.4. The minimum absolute atomic E-state index is 0. The van der Waals surface area contributed by atoms with Gasteiger partial charge in [-0.1, -0.05) is 0 Å². The lowest BCUT2D eigenvalue weighted by atomic mass is 10.0. The largest absolute Gasteiger partial charge is 1.00 e. The molecule has 2 aliphatic heterocycles. The fraction of sp³-hybridized carbons (Fsp3) is 0.435. The Kier molecular flexibility index (Phi) is 10.4. The molecule has 8 N–H and O–H groups in total. The number of fused-ring (bicyclic) bond motifs is 1. The number of carbonyl (C=O) groups is 1. The van der Waals surface area contributed by atoms with Gasteiger partial charge >= 0.3 is 0 Å². The number of benzene rings is 1. The zero-order chi connectivity index (χ0) is 22.8. The number of carbonyl (C=O) groups excluding carboxylic acids is 1. The van der Waals surface area contributed by atoms with Crippen LogP contribution in [0, 0.1) is 5.82 Å². The molecule has 2 fully saturated rings. The molecule has 1 atom stereocenters. The Morgan fingerprint density at radius 1 is 1.19 bits per heavy atom. The van der Waals surface area contributed by atoms with E-state index in [9.17, 15) is 14.3 Å². The summed E-state index contributed by atoms with van der Waals surface area (Å²) < 4.78 is 27.1. The number of rotatable bonds is 7. The Morgan fingerprint density at radius 3 is 2.72 bits per heavy atom. The highest BCUT2D eigenvalue weighted by molar-refractivity contribution is 5.92. The summed E-state index contributed by atoms with van der Waals surface area (Å²) in [5.41, 5.74) is 0.975. The van der Waals surface area contributed by atoms with Crippen molar-refractivity contribution in [1.82, 2.24) is 31.8 Å². The minimum atomic E-state index is -1.32. The summed E-state index contributed by atoms with van der Waals surface area (Å²) in [5.74, 6) is -0.550. The summed E-state index contributed by atoms with van der Waals surface area (Å²) in [6.45, 7) is 5.18. The lowest BCUT2D eigenvalue weighted by molar-refractivity contribution is -0.254. The molecule has 1 aromatic carbocycles. The third kappa shape index (κ3) is 6.20. The smallest absolute Gasteiger partial charge is 0.166 e. The van der Waals surface area contributed by atoms with Crippen LogP contribution in [-0.2, 0) is 4.74 Å². The van der Waals surface area contributed by atoms with Crippen molar-refractivity contribution in [3.63, 3.8) is 0 Å². The average Bonchev–Trinajstić information content (AvgIpc) is 3.46. The number of quaternary nitrogens is 2. The molecule has 3 aromatic rings. The van der Waals surface area contributed by atoms with Gasteiger partial charge in [-0.3, -0.25) is 4.90 Å². The molecule has 13 heteroatoms. The van der Waals surface area contributed by atoms with Gasteiger partial charge in [0, 0.05) is 38.4 Å². The van der Waals surface area contributed by atoms with Crippen LogP contribution in [0.4, 0.5) is 10.2 Å². The Bertz CT molecular complexity index is 1160. The molecular weight excluding hydrogens is 493 g/mol. The highest BCUT2D eigenvalue weighted by Crippen LogP contribution is 2.37. The number of hydrogen-bond donors (Lipinski definition) is 2. The van der Waals surface area contributed by atoms with Crippen LogP contribution in [0.3, 0.4) is 0 Å². The molecule has 11 nitrogen and oxygen atoms in total. The van der Waals surface area contributed by atoms with E-state index in [-0.39, 0.29) is 47.8 Å². The third-order valence-corrected chi connectivity index (χ3v) is 6.18. The quantitative estimate of drug-likeness (QED) is 0.397. The van der Waals surface area contributed by atoms with Crippen LogP contribution in [0.5, 0.6) is 5.75 Å². The first kappa shape index (κ1) is 29.2. The summed E-state index contributed by atoms with van der Waals surface area (Å²) in [7, 11) is 0. The minimum Gasteiger partial charge on any atom is -1.00 e. The van der Waals surface area contributed by atoms with Gasteiger partial charge < -0.3 is 49.0 Å². The van der Waals surface area contributed by atoms with Gasteiger partial charge in [0.15, 0.2) is 5.65 Å². The molecule has 2 aliphatic rings. The van der Waals surface area contributed by atoms with Crippen molar-refractivity contribution in [3.05, 3.63) is 53.6 Å². The monoisotopic (exact) mass is 525 g/mol. The molecular formula is C23H33ClFN7O4. The van der Waals surface area contributed by atoms with Gasteiger partial charge in [0.05, 0.1) is 37.0 Å². The van der Waals surface area contributed by atoms with E-state index in [4.69, 9.17) is 9.47 Å². The maximum atomic E-state index is 14.5. The van der Waals surface area contributed by atoms with Crippen molar-refractivity contribution in [3.8, 4) is 5.75 Å². The van der Waals surface area contributed by atoms with E-state index in [1.807, 2.05) is 6.07 Å². The Balaban J connectivity index is 0.00000152. The van der Waals surface area contributed by atoms with E-state index >= 15 is 0 Å². The van der Waals surface area contributed by atoms with Crippen LogP contribution in [0.2, 0.25) is 0 Å². The van der Waals surface area contributed by atoms with E-state index in [0.717, 1.165) is 57.8 Å². The first-order chi connectivity index (χ1) is 16.1. The van der Waals surface area contributed by atoms with E-state index in [1.54, 1.807) is 12.3 Å². The van der Waals surface area contributed by atoms with Crippen LogP contribution < -0.4 is 39.5 Å². The zero-order valence-corrected chi connectivity index (χ0v) is 21.3. The van der Waals surface area contributed by atoms with E-state index in [0.29, 0.717) is 18.2 Å². The van der Waals surface area contributed by atoms with E-state index in [2.05, 4.69) is 19.9 Å². The number of anilines is 1. The summed E-state index contributed by atoms with van der Waals surface area (Å²) >= 11 is 0. The van der Waals surface area contributed by atoms with Crippen LogP contribution in [0.25, 0.3) is 5.65 Å². The molecule has 0 radical (unpaired) electrons. The number of ether oxygens (including phenoxy) is 2. The molecule has 2 saturated heterocycles. The van der Waals surface area contributed by atoms with Gasteiger partial charge in [0.2, 0.25) is 0 Å². The number of carboxylic acids is 1. The van der Waals surface area contributed by atoms with Crippen molar-refractivity contribution >= 4 is 17.4 Å². The number of carboxylic acid groups (broad SMARTS) is 1. The van der Waals surface area contributed by atoms with Gasteiger partial charge in [-0.25, -0.2) is 13.9 Å². The van der Waals surface area contributed by atoms with Gasteiger partial charge in [0.25, 0.3) is 0 Å². The first-order valence-electron chi connectivity index (χ1n) is 11.1. The van der Waals surface area contributed by atoms with Gasteiger partial charge in [-0.2, -0.15) is 5.10 Å². The molecule has 198 valence electrons. The van der Waals surface area contributed by atoms with Crippen molar-refractivity contribution in [2.45, 2.75) is 18.9 Å². The molecule has 0 spiro atoms. The molecule has 0 bridgehead atoms. The summed E-state index contributed by atoms with van der Waals surface area (Å²) in [6.07, 6.45) is 4.64. The highest BCUT2D eigenvalue weighted by Gasteiger charge is 2.28. The number of morpholine rings is 1. The lowest BCUT2D eigenvalue weighted by Gasteiger charge is -2.27. The fourth-order valence-corrected chi connectivity index (χ4v) is 4.53. The van der Waals surface area contributed by atoms with Crippen molar-refractivity contribution in [2.75, 3.05) is 50.9 Å². The second kappa shape index (κ2) is 12.8. The van der Waals surface area contributed by atoms with Crippen molar-refractivity contribution in [1.29, 1.82) is 0 Å². The summed E-state index contributed by atoms with van der Waals surface area (Å²) in [6, 6.07) is 6.52. The van der Waals surface area contributed by atoms with Crippen LogP contribution >= 0.6 is 0 Å². The Morgan fingerprint density at radius 2 is 1.97 bits per heavy atom. The zero-order valence-electron chi connectivity index (χ0n) is 20.5. The van der Waals surface area contributed by atoms with Gasteiger partial charge in [-0.15, -0.1) is 0 Å². The topological polar surface area (TPSA) is 168 Å². The number of hydrogen-bond acceptors (Lipinski definition) is 8. The summed E-state index contributed by atoms with van der Waals surface area (Å²) in [4.78, 5) is 20.2. The van der Waals surface area contributed by atoms with E-state index < -0.39 is 5.97 Å². The second-order valence-corrected chi connectivity index (χ2v) is 8.27. The molecule has 4 heterocycles. The average molecular weight is 526 g/mol. The van der Waals surface area contributed by atoms with Crippen LogP contribution in [0.15, 0.2) is 36.7 Å². The van der Waals surface area contributed by atoms with E-state index in [1.165, 1.54) is 22.8 Å². The molecule has 5 rings (SSSR count). The lowest BCUT2D eigenvalue weighted by Crippen LogP contribution is -3.00. The third-order valence-electron chi connectivity index (χ3n) is 6.18. The predicted octanol–water partition coefficient (Wildman–Crippen LogP) is -0.959. The number of nitrogens with zero attached hydrogens (tertiary/aromatic N) is 5. The van der Waals surface area contributed by atoms with Gasteiger partial charge in [0.1, 0.15) is 24.0 Å². The Hall–Kier alpha value is -3.03. The second-order valence-electron chi connectivity index (χ2n) is 8.27.